The van der Waals surface area contributed by atoms with Gasteiger partial charge in [0.05, 0.1) is 0 Å². The summed E-state index contributed by atoms with van der Waals surface area (Å²) in [6.45, 7) is 6.96. The first-order valence-corrected chi connectivity index (χ1v) is 11.7. The van der Waals surface area contributed by atoms with E-state index in [0.29, 0.717) is 18.8 Å². The van der Waals surface area contributed by atoms with E-state index in [9.17, 15) is 19.5 Å². The Labute approximate surface area is 186 Å². The molecule has 2 N–H and O–H groups in total. The minimum Gasteiger partial charge on any atom is -0.480 e. The van der Waals surface area contributed by atoms with E-state index in [1.807, 2.05) is 42.2 Å². The second-order valence-corrected chi connectivity index (χ2v) is 9.01. The summed E-state index contributed by atoms with van der Waals surface area (Å²) in [5.41, 5.74) is 0.868. The van der Waals surface area contributed by atoms with Crippen molar-refractivity contribution in [2.75, 3.05) is 6.54 Å². The van der Waals surface area contributed by atoms with Crippen molar-refractivity contribution in [2.24, 2.45) is 11.8 Å². The van der Waals surface area contributed by atoms with Crippen LogP contribution >= 0.6 is 0 Å². The van der Waals surface area contributed by atoms with Gasteiger partial charge in [-0.1, -0.05) is 63.9 Å². The SMILES string of the molecule is CC[C@H](C)CCCC(=O)N1CCC[C@H]1C[C@@H](C)C(=O)N[C@@H](Cc1ccccc1)C(=O)O. The van der Waals surface area contributed by atoms with Crippen LogP contribution in [-0.4, -0.2) is 46.4 Å². The molecule has 1 aliphatic rings. The normalized spacial score (nSPS) is 18.9. The number of benzene rings is 1. The van der Waals surface area contributed by atoms with Gasteiger partial charge in [-0.3, -0.25) is 9.59 Å². The molecule has 6 heteroatoms. The summed E-state index contributed by atoms with van der Waals surface area (Å²) in [6, 6.07) is 8.40. The molecule has 172 valence electrons. The van der Waals surface area contributed by atoms with Gasteiger partial charge >= 0.3 is 5.97 Å². The minimum atomic E-state index is -1.04. The van der Waals surface area contributed by atoms with E-state index in [0.717, 1.165) is 44.2 Å². The number of likely N-dealkylation sites (tertiary alicyclic amines) is 1. The fourth-order valence-corrected chi connectivity index (χ4v) is 4.24. The molecule has 1 aliphatic heterocycles. The van der Waals surface area contributed by atoms with Gasteiger partial charge in [0, 0.05) is 31.3 Å². The molecule has 1 heterocycles. The van der Waals surface area contributed by atoms with Crippen LogP contribution in [-0.2, 0) is 20.8 Å². The van der Waals surface area contributed by atoms with E-state index in [-0.39, 0.29) is 30.2 Å². The van der Waals surface area contributed by atoms with Crippen LogP contribution in [0.2, 0.25) is 0 Å². The number of hydrogen-bond donors (Lipinski definition) is 2. The summed E-state index contributed by atoms with van der Waals surface area (Å²) < 4.78 is 0. The topological polar surface area (TPSA) is 86.7 Å². The van der Waals surface area contributed by atoms with Gasteiger partial charge in [-0.25, -0.2) is 4.79 Å². The number of carboxylic acid groups (broad SMARTS) is 1. The van der Waals surface area contributed by atoms with Gasteiger partial charge in [0.25, 0.3) is 0 Å². The van der Waals surface area contributed by atoms with Gasteiger partial charge in [0.2, 0.25) is 11.8 Å². The Bertz CT molecular complexity index is 721. The fraction of sp³-hybridized carbons (Fsp3) is 0.640. The summed E-state index contributed by atoms with van der Waals surface area (Å²) in [7, 11) is 0. The predicted molar refractivity (Wildman–Crippen MR) is 122 cm³/mol. The van der Waals surface area contributed by atoms with Crippen molar-refractivity contribution in [3.05, 3.63) is 35.9 Å². The zero-order valence-electron chi connectivity index (χ0n) is 19.2. The molecule has 0 radical (unpaired) electrons. The average Bonchev–Trinajstić information content (AvgIpc) is 3.21. The van der Waals surface area contributed by atoms with E-state index in [4.69, 9.17) is 0 Å². The Morgan fingerprint density at radius 2 is 1.90 bits per heavy atom. The molecule has 2 rings (SSSR count). The van der Waals surface area contributed by atoms with E-state index < -0.39 is 12.0 Å². The molecule has 4 atom stereocenters. The number of nitrogens with one attached hydrogen (secondary N) is 1. The lowest BCUT2D eigenvalue weighted by molar-refractivity contribution is -0.142. The Morgan fingerprint density at radius 3 is 2.55 bits per heavy atom. The number of rotatable bonds is 12. The maximum absolute atomic E-state index is 12.7. The summed E-state index contributed by atoms with van der Waals surface area (Å²) in [6.07, 6.45) is 6.36. The fourth-order valence-electron chi connectivity index (χ4n) is 4.24. The second-order valence-electron chi connectivity index (χ2n) is 9.01. The van der Waals surface area contributed by atoms with Crippen LogP contribution in [0.5, 0.6) is 0 Å². The van der Waals surface area contributed by atoms with Crippen molar-refractivity contribution in [2.45, 2.75) is 84.2 Å². The van der Waals surface area contributed by atoms with E-state index >= 15 is 0 Å². The molecular weight excluding hydrogens is 392 g/mol. The first kappa shape index (κ1) is 24.9. The van der Waals surface area contributed by atoms with Crippen LogP contribution in [0.3, 0.4) is 0 Å². The van der Waals surface area contributed by atoms with Gasteiger partial charge < -0.3 is 15.3 Å². The van der Waals surface area contributed by atoms with Gasteiger partial charge in [0.15, 0.2) is 0 Å². The van der Waals surface area contributed by atoms with Crippen LogP contribution in [0.1, 0.15) is 71.3 Å². The third-order valence-corrected chi connectivity index (χ3v) is 6.45. The zero-order chi connectivity index (χ0) is 22.8. The molecule has 1 aromatic carbocycles. The molecule has 0 aromatic heterocycles. The lowest BCUT2D eigenvalue weighted by Gasteiger charge is -2.27. The monoisotopic (exact) mass is 430 g/mol. The smallest absolute Gasteiger partial charge is 0.326 e. The molecule has 31 heavy (non-hydrogen) atoms. The number of nitrogens with zero attached hydrogens (tertiary/aromatic N) is 1. The number of carboxylic acids is 1. The number of carbonyl (C=O) groups is 3. The van der Waals surface area contributed by atoms with E-state index in [1.165, 1.54) is 0 Å². The van der Waals surface area contributed by atoms with Gasteiger partial charge in [-0.05, 0) is 37.2 Å². The predicted octanol–water partition coefficient (Wildman–Crippen LogP) is 4.03. The first-order chi connectivity index (χ1) is 14.8. The molecule has 0 saturated carbocycles. The minimum absolute atomic E-state index is 0.0641. The summed E-state index contributed by atoms with van der Waals surface area (Å²) in [5, 5.41) is 12.2. The molecule has 6 nitrogen and oxygen atoms in total. The molecule has 1 saturated heterocycles. The summed E-state index contributed by atoms with van der Waals surface area (Å²) in [5.74, 6) is -0.825. The first-order valence-electron chi connectivity index (χ1n) is 11.7. The lowest BCUT2D eigenvalue weighted by Crippen LogP contribution is -2.46. The number of aliphatic carboxylic acids is 1. The number of carbonyl (C=O) groups excluding carboxylic acids is 2. The molecule has 2 amide bonds. The van der Waals surface area contributed by atoms with Crippen LogP contribution in [0.4, 0.5) is 0 Å². The van der Waals surface area contributed by atoms with E-state index in [1.54, 1.807) is 0 Å². The van der Waals surface area contributed by atoms with Gasteiger partial charge in [0.1, 0.15) is 6.04 Å². The van der Waals surface area contributed by atoms with Crippen molar-refractivity contribution in [1.29, 1.82) is 0 Å². The van der Waals surface area contributed by atoms with Crippen molar-refractivity contribution in [3.63, 3.8) is 0 Å². The zero-order valence-corrected chi connectivity index (χ0v) is 19.2. The quantitative estimate of drug-likeness (QED) is 0.524. The molecule has 0 spiro atoms. The molecule has 0 unspecified atom stereocenters. The third-order valence-electron chi connectivity index (χ3n) is 6.45. The van der Waals surface area contributed by atoms with Crippen LogP contribution in [0.25, 0.3) is 0 Å². The maximum Gasteiger partial charge on any atom is 0.326 e. The van der Waals surface area contributed by atoms with Crippen LogP contribution in [0, 0.1) is 11.8 Å². The molecule has 0 aliphatic carbocycles. The molecule has 1 fully saturated rings. The van der Waals surface area contributed by atoms with Crippen molar-refractivity contribution >= 4 is 17.8 Å². The van der Waals surface area contributed by atoms with Crippen molar-refractivity contribution < 1.29 is 19.5 Å². The Balaban J connectivity index is 1.86. The largest absolute Gasteiger partial charge is 0.480 e. The summed E-state index contributed by atoms with van der Waals surface area (Å²) >= 11 is 0. The Hall–Kier alpha value is -2.37. The highest BCUT2D eigenvalue weighted by atomic mass is 16.4. The maximum atomic E-state index is 12.7. The van der Waals surface area contributed by atoms with Crippen molar-refractivity contribution in [1.82, 2.24) is 10.2 Å². The Kier molecular flexibility index (Phi) is 10.0. The number of hydrogen-bond acceptors (Lipinski definition) is 3. The van der Waals surface area contributed by atoms with Crippen LogP contribution in [0.15, 0.2) is 30.3 Å². The van der Waals surface area contributed by atoms with E-state index in [2.05, 4.69) is 19.2 Å². The number of amides is 2. The Morgan fingerprint density at radius 1 is 1.19 bits per heavy atom. The van der Waals surface area contributed by atoms with Crippen LogP contribution < -0.4 is 5.32 Å². The molecule has 1 aromatic rings. The standard InChI is InChI=1S/C25H38N2O4/c1-4-18(2)10-8-14-23(28)27-15-9-13-21(27)16-19(3)24(29)26-22(25(30)31)17-20-11-6-5-7-12-20/h5-7,11-12,18-19,21-22H,4,8-10,13-17H2,1-3H3,(H,26,29)(H,30,31)/t18-,19+,21-,22-/m0/s1. The summed E-state index contributed by atoms with van der Waals surface area (Å²) in [4.78, 5) is 39.0. The highest BCUT2D eigenvalue weighted by Gasteiger charge is 2.32. The average molecular weight is 431 g/mol. The van der Waals surface area contributed by atoms with Gasteiger partial charge in [-0.15, -0.1) is 0 Å². The highest BCUT2D eigenvalue weighted by molar-refractivity contribution is 5.85. The van der Waals surface area contributed by atoms with Crippen molar-refractivity contribution in [3.8, 4) is 0 Å². The molecule has 0 bridgehead atoms. The lowest BCUT2D eigenvalue weighted by atomic mass is 9.97. The highest BCUT2D eigenvalue weighted by Crippen LogP contribution is 2.25. The molecular formula is C25H38N2O4. The van der Waals surface area contributed by atoms with Gasteiger partial charge in [-0.2, -0.15) is 0 Å². The second kappa shape index (κ2) is 12.5. The third kappa shape index (κ3) is 8.00.